The van der Waals surface area contributed by atoms with Gasteiger partial charge in [0, 0.05) is 16.8 Å². The quantitative estimate of drug-likeness (QED) is 0.779. The number of benzene rings is 1. The summed E-state index contributed by atoms with van der Waals surface area (Å²) in [6.45, 7) is 3.54. The number of aromatic hydroxyl groups is 1. The minimum atomic E-state index is -0.547. The van der Waals surface area contributed by atoms with E-state index in [1.807, 2.05) is 0 Å². The third-order valence-electron chi connectivity index (χ3n) is 1.93. The van der Waals surface area contributed by atoms with Gasteiger partial charge in [-0.2, -0.15) is 0 Å². The van der Waals surface area contributed by atoms with Crippen molar-refractivity contribution in [2.24, 2.45) is 4.99 Å². The molecule has 4 heteroatoms. The van der Waals surface area contributed by atoms with E-state index in [0.29, 0.717) is 10.6 Å². The summed E-state index contributed by atoms with van der Waals surface area (Å²) >= 11 is 5.78. The van der Waals surface area contributed by atoms with Gasteiger partial charge < -0.3 is 10.2 Å². The van der Waals surface area contributed by atoms with Crippen LogP contribution in [0.3, 0.4) is 0 Å². The molecule has 0 aliphatic carbocycles. The van der Waals surface area contributed by atoms with Gasteiger partial charge in [0.25, 0.3) is 0 Å². The van der Waals surface area contributed by atoms with Gasteiger partial charge in [-0.05, 0) is 32.0 Å². The molecule has 0 aromatic heterocycles. The molecule has 0 aliphatic heterocycles. The van der Waals surface area contributed by atoms with Crippen LogP contribution in [0.15, 0.2) is 23.2 Å². The predicted octanol–water partition coefficient (Wildman–Crippen LogP) is 2.24. The average Bonchev–Trinajstić information content (AvgIpc) is 2.20. The number of hydrogen-bond donors (Lipinski definition) is 2. The van der Waals surface area contributed by atoms with Crippen molar-refractivity contribution in [3.8, 4) is 5.75 Å². The van der Waals surface area contributed by atoms with Crippen molar-refractivity contribution in [2.45, 2.75) is 19.4 Å². The van der Waals surface area contributed by atoms with Crippen LogP contribution in [-0.2, 0) is 0 Å². The molecule has 1 rings (SSSR count). The van der Waals surface area contributed by atoms with Crippen molar-refractivity contribution < 1.29 is 10.2 Å². The van der Waals surface area contributed by atoms with Crippen LogP contribution in [-0.4, -0.2) is 28.6 Å². The molecule has 0 saturated heterocycles. The number of phenols is 1. The Bertz CT molecular complexity index is 375. The fourth-order valence-corrected chi connectivity index (χ4v) is 1.09. The first kappa shape index (κ1) is 12.0. The molecule has 3 nitrogen and oxygen atoms in total. The lowest BCUT2D eigenvalue weighted by molar-refractivity contribution is 0.223. The SMILES string of the molecule is CC(C)(CO)N=Cc1cc(Cl)ccc1O. The highest BCUT2D eigenvalue weighted by Crippen LogP contribution is 2.20. The lowest BCUT2D eigenvalue weighted by Gasteiger charge is -2.15. The van der Waals surface area contributed by atoms with Crippen molar-refractivity contribution in [1.29, 1.82) is 0 Å². The molecular weight excluding hydrogens is 214 g/mol. The molecule has 15 heavy (non-hydrogen) atoms. The first-order valence-corrected chi connectivity index (χ1v) is 4.97. The van der Waals surface area contributed by atoms with Gasteiger partial charge in [-0.1, -0.05) is 11.6 Å². The Morgan fingerprint density at radius 3 is 2.73 bits per heavy atom. The van der Waals surface area contributed by atoms with E-state index in [1.165, 1.54) is 12.3 Å². The Labute approximate surface area is 94.0 Å². The molecule has 0 aliphatic rings. The van der Waals surface area contributed by atoms with Gasteiger partial charge in [-0.15, -0.1) is 0 Å². The maximum atomic E-state index is 9.49. The molecule has 0 saturated carbocycles. The highest BCUT2D eigenvalue weighted by atomic mass is 35.5. The molecular formula is C11H14ClNO2. The van der Waals surface area contributed by atoms with Crippen molar-refractivity contribution in [2.75, 3.05) is 6.61 Å². The number of nitrogens with zero attached hydrogens (tertiary/aromatic N) is 1. The maximum Gasteiger partial charge on any atom is 0.124 e. The summed E-state index contributed by atoms with van der Waals surface area (Å²) < 4.78 is 0. The van der Waals surface area contributed by atoms with Gasteiger partial charge in [-0.3, -0.25) is 4.99 Å². The smallest absolute Gasteiger partial charge is 0.124 e. The largest absolute Gasteiger partial charge is 0.507 e. The molecule has 0 amide bonds. The molecule has 0 unspecified atom stereocenters. The lowest BCUT2D eigenvalue weighted by atomic mass is 10.1. The second kappa shape index (κ2) is 4.64. The zero-order valence-corrected chi connectivity index (χ0v) is 9.49. The monoisotopic (exact) mass is 227 g/mol. The second-order valence-corrected chi connectivity index (χ2v) is 4.37. The zero-order chi connectivity index (χ0) is 11.5. The van der Waals surface area contributed by atoms with Gasteiger partial charge in [0.2, 0.25) is 0 Å². The molecule has 0 atom stereocenters. The summed E-state index contributed by atoms with van der Waals surface area (Å²) in [4.78, 5) is 4.15. The summed E-state index contributed by atoms with van der Waals surface area (Å²) in [5.41, 5.74) is -0.00147. The zero-order valence-electron chi connectivity index (χ0n) is 8.74. The summed E-state index contributed by atoms with van der Waals surface area (Å²) in [5.74, 6) is 0.122. The summed E-state index contributed by atoms with van der Waals surface area (Å²) in [6, 6.07) is 4.73. The van der Waals surface area contributed by atoms with Crippen LogP contribution in [0, 0.1) is 0 Å². The van der Waals surface area contributed by atoms with Crippen LogP contribution in [0.1, 0.15) is 19.4 Å². The second-order valence-electron chi connectivity index (χ2n) is 3.93. The Morgan fingerprint density at radius 1 is 1.47 bits per heavy atom. The topological polar surface area (TPSA) is 52.8 Å². The van der Waals surface area contributed by atoms with E-state index in [4.69, 9.17) is 16.7 Å². The standard InChI is InChI=1S/C11H14ClNO2/c1-11(2,7-14)13-6-8-5-9(12)3-4-10(8)15/h3-6,14-15H,7H2,1-2H3. The molecule has 0 fully saturated rings. The molecule has 0 spiro atoms. The number of aliphatic hydroxyl groups excluding tert-OH is 1. The fraction of sp³-hybridized carbons (Fsp3) is 0.364. The number of halogens is 1. The van der Waals surface area contributed by atoms with E-state index in [2.05, 4.69) is 4.99 Å². The van der Waals surface area contributed by atoms with Gasteiger partial charge in [0.05, 0.1) is 12.1 Å². The van der Waals surface area contributed by atoms with E-state index in [0.717, 1.165) is 0 Å². The Balaban J connectivity index is 2.94. The van der Waals surface area contributed by atoms with Crippen molar-refractivity contribution in [1.82, 2.24) is 0 Å². The normalized spacial score (nSPS) is 12.3. The van der Waals surface area contributed by atoms with Crippen molar-refractivity contribution >= 4 is 17.8 Å². The Kier molecular flexibility index (Phi) is 3.72. The number of rotatable bonds is 3. The maximum absolute atomic E-state index is 9.49. The summed E-state index contributed by atoms with van der Waals surface area (Å²) in [6.07, 6.45) is 1.51. The van der Waals surface area contributed by atoms with E-state index < -0.39 is 5.54 Å². The van der Waals surface area contributed by atoms with Gasteiger partial charge >= 0.3 is 0 Å². The van der Waals surface area contributed by atoms with E-state index in [9.17, 15) is 5.11 Å². The third-order valence-corrected chi connectivity index (χ3v) is 2.16. The fourth-order valence-electron chi connectivity index (χ4n) is 0.914. The Hall–Kier alpha value is -1.06. The van der Waals surface area contributed by atoms with Crippen LogP contribution < -0.4 is 0 Å². The minimum Gasteiger partial charge on any atom is -0.507 e. The molecule has 0 radical (unpaired) electrons. The van der Waals surface area contributed by atoms with Crippen LogP contribution in [0.2, 0.25) is 5.02 Å². The number of aliphatic imine (C=N–C) groups is 1. The first-order chi connectivity index (χ1) is 6.94. The van der Waals surface area contributed by atoms with Crippen molar-refractivity contribution in [3.05, 3.63) is 28.8 Å². The molecule has 0 heterocycles. The molecule has 0 bridgehead atoms. The molecule has 2 N–H and O–H groups in total. The number of aliphatic hydroxyl groups is 1. The highest BCUT2D eigenvalue weighted by Gasteiger charge is 2.12. The predicted molar refractivity (Wildman–Crippen MR) is 61.9 cm³/mol. The van der Waals surface area contributed by atoms with Crippen LogP contribution in [0.5, 0.6) is 5.75 Å². The highest BCUT2D eigenvalue weighted by molar-refractivity contribution is 6.30. The summed E-state index contributed by atoms with van der Waals surface area (Å²) in [7, 11) is 0. The molecule has 1 aromatic rings. The first-order valence-electron chi connectivity index (χ1n) is 4.59. The van der Waals surface area contributed by atoms with E-state index in [-0.39, 0.29) is 12.4 Å². The van der Waals surface area contributed by atoms with E-state index >= 15 is 0 Å². The molecule has 1 aromatic carbocycles. The third kappa shape index (κ3) is 3.53. The van der Waals surface area contributed by atoms with Crippen LogP contribution >= 0.6 is 11.6 Å². The lowest BCUT2D eigenvalue weighted by Crippen LogP contribution is -2.21. The van der Waals surface area contributed by atoms with Crippen LogP contribution in [0.4, 0.5) is 0 Å². The van der Waals surface area contributed by atoms with E-state index in [1.54, 1.807) is 26.0 Å². The van der Waals surface area contributed by atoms with Crippen LogP contribution in [0.25, 0.3) is 0 Å². The average molecular weight is 228 g/mol. The number of phenolic OH excluding ortho intramolecular Hbond substituents is 1. The van der Waals surface area contributed by atoms with Gasteiger partial charge in [-0.25, -0.2) is 0 Å². The minimum absolute atomic E-state index is 0.0508. The summed E-state index contributed by atoms with van der Waals surface area (Å²) in [5, 5.41) is 19.0. The van der Waals surface area contributed by atoms with Gasteiger partial charge in [0.1, 0.15) is 5.75 Å². The number of hydrogen-bond acceptors (Lipinski definition) is 3. The van der Waals surface area contributed by atoms with Gasteiger partial charge in [0.15, 0.2) is 0 Å². The van der Waals surface area contributed by atoms with Crippen molar-refractivity contribution in [3.63, 3.8) is 0 Å². The molecule has 82 valence electrons. The Morgan fingerprint density at radius 2 is 2.13 bits per heavy atom.